The lowest BCUT2D eigenvalue weighted by molar-refractivity contribution is -0.121. The molecule has 5 nitrogen and oxygen atoms in total. The standard InChI is InChI=1S/C19H28N4O/c1-14-8-9-16-19(15(14)2)22-17(21-16)13-20-18(24)7-6-12-23-10-4-3-5-11-23/h8-9H,3-7,10-13H2,1-2H3,(H,20,24)(H,21,22). The maximum atomic E-state index is 12.0. The average molecular weight is 328 g/mol. The fourth-order valence-electron chi connectivity index (χ4n) is 3.36. The van der Waals surface area contributed by atoms with Gasteiger partial charge in [0.25, 0.3) is 0 Å². The summed E-state index contributed by atoms with van der Waals surface area (Å²) in [5, 5.41) is 2.98. The first kappa shape index (κ1) is 17.0. The maximum absolute atomic E-state index is 12.0. The zero-order chi connectivity index (χ0) is 16.9. The molecule has 1 saturated heterocycles. The minimum absolute atomic E-state index is 0.111. The predicted octanol–water partition coefficient (Wildman–Crippen LogP) is 3.06. The number of rotatable bonds is 6. The Bertz CT molecular complexity index is 701. The first-order valence-electron chi connectivity index (χ1n) is 9.07. The summed E-state index contributed by atoms with van der Waals surface area (Å²) in [5.41, 5.74) is 4.47. The number of carbonyl (C=O) groups is 1. The molecule has 5 heteroatoms. The lowest BCUT2D eigenvalue weighted by Gasteiger charge is -2.26. The first-order valence-corrected chi connectivity index (χ1v) is 9.07. The van der Waals surface area contributed by atoms with Crippen LogP contribution in [0.2, 0.25) is 0 Å². The van der Waals surface area contributed by atoms with E-state index in [-0.39, 0.29) is 5.91 Å². The van der Waals surface area contributed by atoms with Gasteiger partial charge in [-0.1, -0.05) is 12.5 Å². The van der Waals surface area contributed by atoms with Gasteiger partial charge in [-0.15, -0.1) is 0 Å². The van der Waals surface area contributed by atoms with Crippen molar-refractivity contribution in [3.05, 3.63) is 29.1 Å². The predicted molar refractivity (Wildman–Crippen MR) is 96.9 cm³/mol. The van der Waals surface area contributed by atoms with Crippen LogP contribution in [0.25, 0.3) is 11.0 Å². The Morgan fingerprint density at radius 1 is 1.25 bits per heavy atom. The van der Waals surface area contributed by atoms with Gasteiger partial charge in [-0.3, -0.25) is 4.79 Å². The van der Waals surface area contributed by atoms with Crippen LogP contribution >= 0.6 is 0 Å². The van der Waals surface area contributed by atoms with Crippen LogP contribution in [0.5, 0.6) is 0 Å². The summed E-state index contributed by atoms with van der Waals surface area (Å²) >= 11 is 0. The van der Waals surface area contributed by atoms with Gasteiger partial charge >= 0.3 is 0 Å². The second-order valence-corrected chi connectivity index (χ2v) is 6.87. The van der Waals surface area contributed by atoms with Gasteiger partial charge in [0, 0.05) is 6.42 Å². The van der Waals surface area contributed by atoms with Crippen LogP contribution in [0.3, 0.4) is 0 Å². The Morgan fingerprint density at radius 2 is 2.04 bits per heavy atom. The number of fused-ring (bicyclic) bond motifs is 1. The summed E-state index contributed by atoms with van der Waals surface area (Å²) < 4.78 is 0. The van der Waals surface area contributed by atoms with Gasteiger partial charge in [0.1, 0.15) is 5.82 Å². The minimum Gasteiger partial charge on any atom is -0.349 e. The van der Waals surface area contributed by atoms with Crippen LogP contribution in [0.4, 0.5) is 0 Å². The molecule has 2 aromatic rings. The highest BCUT2D eigenvalue weighted by Gasteiger charge is 2.11. The number of hydrogen-bond donors (Lipinski definition) is 2. The average Bonchev–Trinajstić information content (AvgIpc) is 3.01. The van der Waals surface area contributed by atoms with Crippen molar-refractivity contribution in [2.45, 2.75) is 52.5 Å². The Morgan fingerprint density at radius 3 is 2.83 bits per heavy atom. The molecule has 3 rings (SSSR count). The van der Waals surface area contributed by atoms with Crippen LogP contribution < -0.4 is 5.32 Å². The molecule has 0 bridgehead atoms. The number of benzene rings is 1. The monoisotopic (exact) mass is 328 g/mol. The third-order valence-corrected chi connectivity index (χ3v) is 5.01. The van der Waals surface area contributed by atoms with Crippen molar-refractivity contribution in [3.8, 4) is 0 Å². The molecule has 0 atom stereocenters. The number of aromatic amines is 1. The van der Waals surface area contributed by atoms with E-state index in [0.29, 0.717) is 13.0 Å². The molecule has 1 amide bonds. The summed E-state index contributed by atoms with van der Waals surface area (Å²) in [4.78, 5) is 22.4. The van der Waals surface area contributed by atoms with E-state index < -0.39 is 0 Å². The molecule has 24 heavy (non-hydrogen) atoms. The molecule has 0 aliphatic carbocycles. The number of hydrogen-bond acceptors (Lipinski definition) is 3. The van der Waals surface area contributed by atoms with Crippen LogP contribution in [0.1, 0.15) is 49.1 Å². The Labute approximate surface area is 143 Å². The number of piperidine rings is 1. The van der Waals surface area contributed by atoms with Crippen molar-refractivity contribution >= 4 is 16.9 Å². The zero-order valence-corrected chi connectivity index (χ0v) is 14.8. The number of nitrogens with one attached hydrogen (secondary N) is 2. The smallest absolute Gasteiger partial charge is 0.220 e. The third kappa shape index (κ3) is 4.15. The van der Waals surface area contributed by atoms with E-state index in [4.69, 9.17) is 0 Å². The number of aromatic nitrogens is 2. The van der Waals surface area contributed by atoms with E-state index in [9.17, 15) is 4.79 Å². The number of aryl methyl sites for hydroxylation is 2. The molecular weight excluding hydrogens is 300 g/mol. The van der Waals surface area contributed by atoms with Crippen LogP contribution in [0.15, 0.2) is 12.1 Å². The molecule has 1 aromatic heterocycles. The molecule has 0 radical (unpaired) electrons. The van der Waals surface area contributed by atoms with Gasteiger partial charge in [-0.25, -0.2) is 4.98 Å². The van der Waals surface area contributed by atoms with Gasteiger partial charge < -0.3 is 15.2 Å². The minimum atomic E-state index is 0.111. The highest BCUT2D eigenvalue weighted by molar-refractivity contribution is 5.80. The Balaban J connectivity index is 1.45. The molecule has 130 valence electrons. The number of likely N-dealkylation sites (tertiary alicyclic amines) is 1. The molecule has 2 heterocycles. The molecular formula is C19H28N4O. The van der Waals surface area contributed by atoms with E-state index >= 15 is 0 Å². The zero-order valence-electron chi connectivity index (χ0n) is 14.8. The van der Waals surface area contributed by atoms with Crippen molar-refractivity contribution < 1.29 is 4.79 Å². The van der Waals surface area contributed by atoms with Gasteiger partial charge in [0.15, 0.2) is 0 Å². The number of imidazole rings is 1. The topological polar surface area (TPSA) is 61.0 Å². The largest absolute Gasteiger partial charge is 0.349 e. The highest BCUT2D eigenvalue weighted by Crippen LogP contribution is 2.19. The van der Waals surface area contributed by atoms with Gasteiger partial charge in [0.2, 0.25) is 5.91 Å². The van der Waals surface area contributed by atoms with E-state index in [0.717, 1.165) is 29.8 Å². The van der Waals surface area contributed by atoms with Crippen molar-refractivity contribution in [2.24, 2.45) is 0 Å². The van der Waals surface area contributed by atoms with E-state index in [1.165, 1.54) is 43.5 Å². The molecule has 0 saturated carbocycles. The Kier molecular flexibility index (Phi) is 5.51. The third-order valence-electron chi connectivity index (χ3n) is 5.01. The lowest BCUT2D eigenvalue weighted by atomic mass is 10.1. The van der Waals surface area contributed by atoms with Gasteiger partial charge in [-0.05, 0) is 69.9 Å². The number of nitrogens with zero attached hydrogens (tertiary/aromatic N) is 2. The lowest BCUT2D eigenvalue weighted by Crippen LogP contribution is -2.31. The van der Waals surface area contributed by atoms with Crippen LogP contribution in [-0.4, -0.2) is 40.4 Å². The summed E-state index contributed by atoms with van der Waals surface area (Å²) in [6.45, 7) is 8.07. The summed E-state index contributed by atoms with van der Waals surface area (Å²) in [6.07, 6.45) is 5.49. The normalized spacial score (nSPS) is 15.8. The highest BCUT2D eigenvalue weighted by atomic mass is 16.1. The maximum Gasteiger partial charge on any atom is 0.220 e. The van der Waals surface area contributed by atoms with E-state index in [1.807, 2.05) is 0 Å². The van der Waals surface area contributed by atoms with Crippen LogP contribution in [0, 0.1) is 13.8 Å². The summed E-state index contributed by atoms with van der Waals surface area (Å²) in [6, 6.07) is 4.15. The van der Waals surface area contributed by atoms with E-state index in [2.05, 4.69) is 46.2 Å². The second kappa shape index (κ2) is 7.79. The molecule has 0 unspecified atom stereocenters. The Hall–Kier alpha value is -1.88. The fourth-order valence-corrected chi connectivity index (χ4v) is 3.36. The fraction of sp³-hybridized carbons (Fsp3) is 0.579. The molecule has 1 aliphatic rings. The van der Waals surface area contributed by atoms with Crippen molar-refractivity contribution in [1.29, 1.82) is 0 Å². The molecule has 1 aromatic carbocycles. The van der Waals surface area contributed by atoms with Gasteiger partial charge in [-0.2, -0.15) is 0 Å². The van der Waals surface area contributed by atoms with E-state index in [1.54, 1.807) is 0 Å². The van der Waals surface area contributed by atoms with Crippen molar-refractivity contribution in [2.75, 3.05) is 19.6 Å². The molecule has 2 N–H and O–H groups in total. The number of carbonyl (C=O) groups excluding carboxylic acids is 1. The quantitative estimate of drug-likeness (QED) is 0.857. The second-order valence-electron chi connectivity index (χ2n) is 6.87. The van der Waals surface area contributed by atoms with Gasteiger partial charge in [0.05, 0.1) is 17.6 Å². The number of amides is 1. The summed E-state index contributed by atoms with van der Waals surface area (Å²) in [7, 11) is 0. The number of H-pyrrole nitrogens is 1. The first-order chi connectivity index (χ1) is 11.6. The SMILES string of the molecule is Cc1ccc2[nH]c(CNC(=O)CCCN3CCCCC3)nc2c1C. The van der Waals surface area contributed by atoms with Crippen molar-refractivity contribution in [1.82, 2.24) is 20.2 Å². The summed E-state index contributed by atoms with van der Waals surface area (Å²) in [5.74, 6) is 0.934. The van der Waals surface area contributed by atoms with Crippen molar-refractivity contribution in [3.63, 3.8) is 0 Å². The molecule has 1 aliphatic heterocycles. The van der Waals surface area contributed by atoms with Crippen LogP contribution in [-0.2, 0) is 11.3 Å². The molecule has 0 spiro atoms. The molecule has 1 fully saturated rings.